The molecule has 0 aromatic rings. The van der Waals surface area contributed by atoms with Gasteiger partial charge in [0.25, 0.3) is 0 Å². The zero-order valence-corrected chi connectivity index (χ0v) is 9.78. The zero-order valence-electron chi connectivity index (χ0n) is 7.61. The number of hydrogen-bond donors (Lipinski definition) is 0. The van der Waals surface area contributed by atoms with E-state index in [4.69, 9.17) is 14.8 Å². The van der Waals surface area contributed by atoms with Gasteiger partial charge in [0.1, 0.15) is 0 Å². The molecular formula is C8H18AlClO. The molecule has 0 amide bonds. The lowest BCUT2D eigenvalue weighted by atomic mass is 10.3. The lowest BCUT2D eigenvalue weighted by molar-refractivity contribution is 0.0975. The summed E-state index contributed by atoms with van der Waals surface area (Å²) in [6.45, 7) is 5.26. The first-order valence-electron chi connectivity index (χ1n) is 4.52. The number of unbranched alkanes of at least 4 members (excludes halogenated alkanes) is 1. The molecule has 0 rings (SSSR count). The molecule has 3 heteroatoms. The van der Waals surface area contributed by atoms with E-state index in [0.717, 1.165) is 13.0 Å². The fourth-order valence-electron chi connectivity index (χ4n) is 0.921. The number of halogens is 1. The van der Waals surface area contributed by atoms with E-state index in [1.54, 1.807) is 0 Å². The van der Waals surface area contributed by atoms with Gasteiger partial charge in [0.2, 0.25) is 0 Å². The molecule has 11 heavy (non-hydrogen) atoms. The minimum Gasteiger partial charge on any atom is -0.392 e. The average molecular weight is 193 g/mol. The summed E-state index contributed by atoms with van der Waals surface area (Å²) in [4.78, 5) is 0.424. The van der Waals surface area contributed by atoms with Crippen LogP contribution in [0.4, 0.5) is 0 Å². The first-order valence-corrected chi connectivity index (χ1v) is 7.48. The molecule has 0 heterocycles. The maximum absolute atomic E-state index is 5.84. The Morgan fingerprint density at radius 2 is 2.09 bits per heavy atom. The summed E-state index contributed by atoms with van der Waals surface area (Å²) >= 11 is -0.461. The van der Waals surface area contributed by atoms with Crippen LogP contribution in [0.3, 0.4) is 0 Å². The molecule has 0 aliphatic rings. The lowest BCUT2D eigenvalue weighted by Gasteiger charge is -2.12. The Labute approximate surface area is 80.4 Å². The first-order chi connectivity index (χ1) is 5.35. The molecule has 0 spiro atoms. The fourth-order valence-corrected chi connectivity index (χ4v) is 2.47. The molecule has 0 aliphatic carbocycles. The van der Waals surface area contributed by atoms with Crippen molar-refractivity contribution in [3.63, 3.8) is 0 Å². The SMILES string of the molecule is CCCCO[CH](CCC)[AlH][Cl]. The summed E-state index contributed by atoms with van der Waals surface area (Å²) in [5.74, 6) is 0. The van der Waals surface area contributed by atoms with Gasteiger partial charge in [-0.1, -0.05) is 26.7 Å². The third kappa shape index (κ3) is 7.15. The third-order valence-electron chi connectivity index (χ3n) is 1.63. The predicted octanol–water partition coefficient (Wildman–Crippen LogP) is 2.52. The number of ether oxygens (including phenoxy) is 1. The van der Waals surface area contributed by atoms with Gasteiger partial charge in [0, 0.05) is 11.6 Å². The van der Waals surface area contributed by atoms with Crippen LogP contribution in [-0.2, 0) is 4.74 Å². The van der Waals surface area contributed by atoms with E-state index in [-0.39, 0.29) is 0 Å². The number of hydrogen-bond acceptors (Lipinski definition) is 1. The normalized spacial score (nSPS) is 13.0. The summed E-state index contributed by atoms with van der Waals surface area (Å²) < 4.78 is 5.60. The summed E-state index contributed by atoms with van der Waals surface area (Å²) in [7, 11) is 5.84. The van der Waals surface area contributed by atoms with Gasteiger partial charge >= 0.3 is 14.3 Å². The Hall–Kier alpha value is 0.782. The van der Waals surface area contributed by atoms with Crippen LogP contribution in [0, 0.1) is 0 Å². The van der Waals surface area contributed by atoms with Gasteiger partial charge in [-0.05, 0) is 12.8 Å². The highest BCUT2D eigenvalue weighted by Crippen LogP contribution is 2.03. The smallest absolute Gasteiger partial charge is 0.392 e. The van der Waals surface area contributed by atoms with Crippen LogP contribution in [0.15, 0.2) is 0 Å². The molecule has 1 nitrogen and oxygen atoms in total. The highest BCUT2D eigenvalue weighted by Gasteiger charge is 2.08. The Morgan fingerprint density at radius 1 is 1.36 bits per heavy atom. The molecule has 0 aromatic carbocycles. The molecule has 66 valence electrons. The molecule has 0 fully saturated rings. The monoisotopic (exact) mass is 192 g/mol. The third-order valence-corrected chi connectivity index (χ3v) is 3.65. The van der Waals surface area contributed by atoms with Crippen LogP contribution in [-0.4, -0.2) is 25.9 Å². The topological polar surface area (TPSA) is 9.23 Å². The largest absolute Gasteiger partial charge is 0.412 e. The molecule has 0 radical (unpaired) electrons. The molecular weight excluding hydrogens is 175 g/mol. The lowest BCUT2D eigenvalue weighted by Crippen LogP contribution is -2.17. The highest BCUT2D eigenvalue weighted by molar-refractivity contribution is 6.94. The molecule has 0 bridgehead atoms. The van der Waals surface area contributed by atoms with Crippen molar-refractivity contribution in [2.24, 2.45) is 0 Å². The van der Waals surface area contributed by atoms with E-state index >= 15 is 0 Å². The first kappa shape index (κ1) is 11.8. The van der Waals surface area contributed by atoms with Crippen LogP contribution in [0.25, 0.3) is 0 Å². The van der Waals surface area contributed by atoms with Crippen LogP contribution >= 0.6 is 10.0 Å². The van der Waals surface area contributed by atoms with Crippen LogP contribution in [0.5, 0.6) is 0 Å². The van der Waals surface area contributed by atoms with Gasteiger partial charge in [0.05, 0.1) is 0 Å². The maximum atomic E-state index is 5.84. The van der Waals surface area contributed by atoms with E-state index in [1.807, 2.05) is 0 Å². The second-order valence-corrected chi connectivity index (χ2v) is 4.93. The van der Waals surface area contributed by atoms with E-state index in [1.165, 1.54) is 19.3 Å². The van der Waals surface area contributed by atoms with Crippen molar-refractivity contribution in [1.82, 2.24) is 0 Å². The van der Waals surface area contributed by atoms with Crippen molar-refractivity contribution >= 4 is 24.3 Å². The van der Waals surface area contributed by atoms with E-state index < -0.39 is 14.3 Å². The van der Waals surface area contributed by atoms with Crippen LogP contribution in [0.1, 0.15) is 39.5 Å². The Kier molecular flexibility index (Phi) is 9.51. The van der Waals surface area contributed by atoms with E-state index in [0.29, 0.717) is 4.97 Å². The Balaban J connectivity index is 3.20. The van der Waals surface area contributed by atoms with Crippen molar-refractivity contribution in [3.05, 3.63) is 0 Å². The molecule has 0 saturated carbocycles. The average Bonchev–Trinajstić information content (AvgIpc) is 2.03. The quantitative estimate of drug-likeness (QED) is 0.445. The molecule has 0 saturated heterocycles. The maximum Gasteiger partial charge on any atom is 0.412 e. The molecule has 1 atom stereocenters. The second kappa shape index (κ2) is 8.88. The van der Waals surface area contributed by atoms with Crippen molar-refractivity contribution in [1.29, 1.82) is 0 Å². The number of rotatable bonds is 7. The molecule has 0 N–H and O–H groups in total. The summed E-state index contributed by atoms with van der Waals surface area (Å²) in [6, 6.07) is 0. The summed E-state index contributed by atoms with van der Waals surface area (Å²) in [5, 5.41) is 0. The van der Waals surface area contributed by atoms with Gasteiger partial charge in [-0.2, -0.15) is 0 Å². The van der Waals surface area contributed by atoms with Crippen LogP contribution in [0.2, 0.25) is 0 Å². The van der Waals surface area contributed by atoms with Crippen molar-refractivity contribution in [2.45, 2.75) is 44.5 Å². The van der Waals surface area contributed by atoms with Crippen molar-refractivity contribution in [3.8, 4) is 0 Å². The van der Waals surface area contributed by atoms with Gasteiger partial charge < -0.3 is 4.74 Å². The van der Waals surface area contributed by atoms with Gasteiger partial charge in [-0.15, -0.1) is 0 Å². The minimum absolute atomic E-state index is 0.424. The zero-order chi connectivity index (χ0) is 8.53. The van der Waals surface area contributed by atoms with Crippen molar-refractivity contribution in [2.75, 3.05) is 6.61 Å². The molecule has 1 unspecified atom stereocenters. The summed E-state index contributed by atoms with van der Waals surface area (Å²) in [5.41, 5.74) is 0. The Morgan fingerprint density at radius 3 is 2.55 bits per heavy atom. The minimum atomic E-state index is -0.461. The second-order valence-electron chi connectivity index (χ2n) is 2.79. The van der Waals surface area contributed by atoms with Crippen LogP contribution < -0.4 is 0 Å². The molecule has 0 aliphatic heterocycles. The fraction of sp³-hybridized carbons (Fsp3) is 1.00. The van der Waals surface area contributed by atoms with Gasteiger partial charge in [-0.3, -0.25) is 10.0 Å². The standard InChI is InChI=1S/C8H17O.Al.ClH.H/c1-3-5-7-9-8-6-4-2;;;/h7H,3-6,8H2,1-2H3;;1H;/q;+1;;/p-1. The molecule has 0 aromatic heterocycles. The van der Waals surface area contributed by atoms with Gasteiger partial charge in [-0.25, -0.2) is 0 Å². The summed E-state index contributed by atoms with van der Waals surface area (Å²) in [6.07, 6.45) is 4.73. The predicted molar refractivity (Wildman–Crippen MR) is 52.6 cm³/mol. The Bertz CT molecular complexity index is 80.5. The highest BCUT2D eigenvalue weighted by atomic mass is 35.6. The van der Waals surface area contributed by atoms with E-state index in [9.17, 15) is 0 Å². The van der Waals surface area contributed by atoms with Crippen molar-refractivity contribution < 1.29 is 4.74 Å². The van der Waals surface area contributed by atoms with Gasteiger partial charge in [0.15, 0.2) is 0 Å². The van der Waals surface area contributed by atoms with E-state index in [2.05, 4.69) is 13.8 Å².